The SMILES string of the molecule is CC(=O)NCCNC(=O)N[C@@H](C)c1cc(C)cc(C)c1. The molecule has 0 fully saturated rings. The molecule has 0 saturated heterocycles. The Morgan fingerprint density at radius 1 is 1.05 bits per heavy atom. The highest BCUT2D eigenvalue weighted by Crippen LogP contribution is 2.16. The third kappa shape index (κ3) is 5.73. The van der Waals surface area contributed by atoms with Crippen molar-refractivity contribution < 1.29 is 9.59 Å². The zero-order valence-electron chi connectivity index (χ0n) is 12.5. The molecular weight excluding hydrogens is 254 g/mol. The molecule has 0 bridgehead atoms. The summed E-state index contributed by atoms with van der Waals surface area (Å²) in [6, 6.07) is 5.94. The zero-order chi connectivity index (χ0) is 15.1. The number of aryl methyl sites for hydroxylation is 2. The van der Waals surface area contributed by atoms with Crippen molar-refractivity contribution in [3.63, 3.8) is 0 Å². The summed E-state index contributed by atoms with van der Waals surface area (Å²) >= 11 is 0. The lowest BCUT2D eigenvalue weighted by Gasteiger charge is -2.16. The van der Waals surface area contributed by atoms with Gasteiger partial charge in [0.25, 0.3) is 0 Å². The minimum absolute atomic E-state index is 0.0608. The Labute approximate surface area is 120 Å². The van der Waals surface area contributed by atoms with Gasteiger partial charge in [0.05, 0.1) is 6.04 Å². The minimum Gasteiger partial charge on any atom is -0.355 e. The molecule has 110 valence electrons. The van der Waals surface area contributed by atoms with Crippen LogP contribution in [0.4, 0.5) is 4.79 Å². The second-order valence-electron chi connectivity index (χ2n) is 5.03. The number of hydrogen-bond acceptors (Lipinski definition) is 2. The lowest BCUT2D eigenvalue weighted by atomic mass is 10.0. The van der Waals surface area contributed by atoms with Gasteiger partial charge in [0.1, 0.15) is 0 Å². The lowest BCUT2D eigenvalue weighted by molar-refractivity contribution is -0.118. The second kappa shape index (κ2) is 7.53. The monoisotopic (exact) mass is 277 g/mol. The van der Waals surface area contributed by atoms with Crippen LogP contribution in [0.3, 0.4) is 0 Å². The van der Waals surface area contributed by atoms with E-state index in [4.69, 9.17) is 0 Å². The fourth-order valence-corrected chi connectivity index (χ4v) is 2.01. The van der Waals surface area contributed by atoms with Crippen LogP contribution in [0.5, 0.6) is 0 Å². The van der Waals surface area contributed by atoms with Crippen LogP contribution >= 0.6 is 0 Å². The predicted molar refractivity (Wildman–Crippen MR) is 79.5 cm³/mol. The van der Waals surface area contributed by atoms with Crippen molar-refractivity contribution in [1.29, 1.82) is 0 Å². The summed E-state index contributed by atoms with van der Waals surface area (Å²) < 4.78 is 0. The summed E-state index contributed by atoms with van der Waals surface area (Å²) in [5.41, 5.74) is 3.44. The van der Waals surface area contributed by atoms with Crippen LogP contribution in [0.25, 0.3) is 0 Å². The summed E-state index contributed by atoms with van der Waals surface area (Å²) in [6.07, 6.45) is 0. The predicted octanol–water partition coefficient (Wildman–Crippen LogP) is 1.80. The van der Waals surface area contributed by atoms with Crippen molar-refractivity contribution >= 4 is 11.9 Å². The molecule has 1 atom stereocenters. The zero-order valence-corrected chi connectivity index (χ0v) is 12.5. The van der Waals surface area contributed by atoms with Crippen molar-refractivity contribution in [2.45, 2.75) is 33.7 Å². The summed E-state index contributed by atoms with van der Waals surface area (Å²) in [5, 5.41) is 8.20. The highest BCUT2D eigenvalue weighted by atomic mass is 16.2. The molecule has 0 aliphatic rings. The molecule has 0 unspecified atom stereocenters. The molecule has 0 aromatic heterocycles. The lowest BCUT2D eigenvalue weighted by Crippen LogP contribution is -2.40. The van der Waals surface area contributed by atoms with Gasteiger partial charge in [-0.25, -0.2) is 4.79 Å². The first-order valence-electron chi connectivity index (χ1n) is 6.75. The van der Waals surface area contributed by atoms with Gasteiger partial charge in [-0.3, -0.25) is 4.79 Å². The summed E-state index contributed by atoms with van der Waals surface area (Å²) in [6.45, 7) is 8.31. The third-order valence-corrected chi connectivity index (χ3v) is 2.88. The van der Waals surface area contributed by atoms with Crippen molar-refractivity contribution in [3.05, 3.63) is 34.9 Å². The van der Waals surface area contributed by atoms with Gasteiger partial charge in [0, 0.05) is 20.0 Å². The maximum Gasteiger partial charge on any atom is 0.315 e. The van der Waals surface area contributed by atoms with Gasteiger partial charge in [-0.2, -0.15) is 0 Å². The van der Waals surface area contributed by atoms with E-state index in [1.165, 1.54) is 18.1 Å². The van der Waals surface area contributed by atoms with E-state index in [2.05, 4.69) is 34.1 Å². The summed E-state index contributed by atoms with van der Waals surface area (Å²) in [7, 11) is 0. The van der Waals surface area contributed by atoms with Crippen LogP contribution in [0.15, 0.2) is 18.2 Å². The average Bonchev–Trinajstić information content (AvgIpc) is 2.33. The number of urea groups is 1. The molecule has 1 aromatic carbocycles. The Morgan fingerprint density at radius 3 is 2.15 bits per heavy atom. The molecule has 3 amide bonds. The molecule has 5 nitrogen and oxygen atoms in total. The van der Waals surface area contributed by atoms with Gasteiger partial charge in [-0.1, -0.05) is 29.3 Å². The largest absolute Gasteiger partial charge is 0.355 e. The average molecular weight is 277 g/mol. The van der Waals surface area contributed by atoms with E-state index in [-0.39, 0.29) is 18.0 Å². The number of carbonyl (C=O) groups excluding carboxylic acids is 2. The summed E-state index contributed by atoms with van der Waals surface area (Å²) in [4.78, 5) is 22.4. The minimum atomic E-state index is -0.234. The fourth-order valence-electron chi connectivity index (χ4n) is 2.01. The molecule has 0 saturated carbocycles. The highest BCUT2D eigenvalue weighted by Gasteiger charge is 2.09. The first-order valence-corrected chi connectivity index (χ1v) is 6.75. The fraction of sp³-hybridized carbons (Fsp3) is 0.467. The Hall–Kier alpha value is -2.04. The van der Waals surface area contributed by atoms with Crippen molar-refractivity contribution in [1.82, 2.24) is 16.0 Å². The Morgan fingerprint density at radius 2 is 1.60 bits per heavy atom. The molecule has 20 heavy (non-hydrogen) atoms. The maximum atomic E-state index is 11.7. The first kappa shape index (κ1) is 16.0. The highest BCUT2D eigenvalue weighted by molar-refractivity contribution is 5.75. The normalized spacial score (nSPS) is 11.6. The topological polar surface area (TPSA) is 70.2 Å². The number of carbonyl (C=O) groups is 2. The number of nitrogens with one attached hydrogen (secondary N) is 3. The van der Waals surface area contributed by atoms with E-state index in [9.17, 15) is 9.59 Å². The van der Waals surface area contributed by atoms with Gasteiger partial charge in [-0.15, -0.1) is 0 Å². The maximum absolute atomic E-state index is 11.7. The standard InChI is InChI=1S/C15H23N3O2/c1-10-7-11(2)9-14(8-10)12(3)18-15(20)17-6-5-16-13(4)19/h7-9,12H,5-6H2,1-4H3,(H,16,19)(H2,17,18,20)/t12-/m0/s1. The van der Waals surface area contributed by atoms with E-state index in [1.807, 2.05) is 20.8 Å². The Kier molecular flexibility index (Phi) is 6.03. The van der Waals surface area contributed by atoms with Crippen molar-refractivity contribution in [2.24, 2.45) is 0 Å². The number of hydrogen-bond donors (Lipinski definition) is 3. The first-order chi connectivity index (χ1) is 9.38. The van der Waals surface area contributed by atoms with Gasteiger partial charge in [0.2, 0.25) is 5.91 Å². The Balaban J connectivity index is 2.43. The molecule has 0 aliphatic carbocycles. The van der Waals surface area contributed by atoms with E-state index in [1.54, 1.807) is 0 Å². The molecule has 5 heteroatoms. The molecule has 1 rings (SSSR count). The van der Waals surface area contributed by atoms with Crippen LogP contribution in [0.1, 0.15) is 36.6 Å². The van der Waals surface area contributed by atoms with Gasteiger partial charge >= 0.3 is 6.03 Å². The third-order valence-electron chi connectivity index (χ3n) is 2.88. The molecular formula is C15H23N3O2. The van der Waals surface area contributed by atoms with Crippen LogP contribution in [-0.4, -0.2) is 25.0 Å². The smallest absolute Gasteiger partial charge is 0.315 e. The van der Waals surface area contributed by atoms with Gasteiger partial charge < -0.3 is 16.0 Å². The number of rotatable bonds is 5. The van der Waals surface area contributed by atoms with E-state index in [0.29, 0.717) is 13.1 Å². The van der Waals surface area contributed by atoms with Crippen LogP contribution in [0.2, 0.25) is 0 Å². The number of amides is 3. The van der Waals surface area contributed by atoms with Crippen LogP contribution < -0.4 is 16.0 Å². The number of benzene rings is 1. The van der Waals surface area contributed by atoms with Crippen LogP contribution in [0, 0.1) is 13.8 Å². The molecule has 0 radical (unpaired) electrons. The van der Waals surface area contributed by atoms with Crippen LogP contribution in [-0.2, 0) is 4.79 Å². The van der Waals surface area contributed by atoms with E-state index in [0.717, 1.165) is 5.56 Å². The quantitative estimate of drug-likeness (QED) is 0.718. The van der Waals surface area contributed by atoms with E-state index < -0.39 is 0 Å². The molecule has 0 aliphatic heterocycles. The molecule has 3 N–H and O–H groups in total. The van der Waals surface area contributed by atoms with Gasteiger partial charge in [-0.05, 0) is 26.3 Å². The van der Waals surface area contributed by atoms with Crippen molar-refractivity contribution in [2.75, 3.05) is 13.1 Å². The Bertz CT molecular complexity index is 466. The summed E-state index contributed by atoms with van der Waals surface area (Å²) in [5.74, 6) is -0.101. The van der Waals surface area contributed by atoms with E-state index >= 15 is 0 Å². The second-order valence-corrected chi connectivity index (χ2v) is 5.03. The molecule has 0 heterocycles. The van der Waals surface area contributed by atoms with Gasteiger partial charge in [0.15, 0.2) is 0 Å². The molecule has 0 spiro atoms. The van der Waals surface area contributed by atoms with Crippen molar-refractivity contribution in [3.8, 4) is 0 Å². The molecule has 1 aromatic rings.